The van der Waals surface area contributed by atoms with Crippen molar-refractivity contribution in [3.8, 4) is 103 Å². The normalized spacial score (nSPS) is 10.7. The van der Waals surface area contributed by atoms with Gasteiger partial charge in [-0.25, -0.2) is 43.2 Å². The molecule has 9 rings (SSSR count). The molecule has 0 aliphatic rings. The minimum absolute atomic E-state index is 0.0152. The molecule has 0 saturated carbocycles. The van der Waals surface area contributed by atoms with Crippen LogP contribution in [0.3, 0.4) is 0 Å². The van der Waals surface area contributed by atoms with Crippen molar-refractivity contribution in [3.63, 3.8) is 0 Å². The summed E-state index contributed by atoms with van der Waals surface area (Å²) in [5, 5.41) is 0. The SMILES string of the molecule is CCC(COC(=O)c1cc(OC)c(OC)c(OC)c1)(COC(=O)c1cc(OC)c(OC)c(OC)c1)COC(=O)c1cc(OC)c(OC)c(OC)c1.CCC(COC(=O)c1ccc(C)cc1)(COC(=O)c1ccc(C)cc1)COC(=O)c1ccc(C)cc1.COc1cc(C(=O)OCC(COC(=O)c2cc(OC)c(OC)c(OC)c2)OC(=O)c2cc(OC)c(OC)c(OC)c2)cc(OC)c1OC. The highest BCUT2D eigenvalue weighted by molar-refractivity contribution is 5.96. The molecule has 0 aromatic heterocycles. The lowest BCUT2D eigenvalue weighted by atomic mass is 9.87. The van der Waals surface area contributed by atoms with Gasteiger partial charge in [-0.2, -0.15) is 0 Å². The molecule has 0 aliphatic carbocycles. The zero-order chi connectivity index (χ0) is 99.2. The van der Waals surface area contributed by atoms with Crippen molar-refractivity contribution < 1.29 is 171 Å². The topological polar surface area (TPSA) is 403 Å². The molecule has 0 radical (unpaired) electrons. The third kappa shape index (κ3) is 28.3. The van der Waals surface area contributed by atoms with E-state index < -0.39 is 83.9 Å². The second-order valence-corrected chi connectivity index (χ2v) is 29.5. The van der Waals surface area contributed by atoms with Gasteiger partial charge in [0, 0.05) is 0 Å². The number of aryl methyl sites for hydroxylation is 3. The zero-order valence-electron chi connectivity index (χ0n) is 79.7. The summed E-state index contributed by atoms with van der Waals surface area (Å²) in [6.45, 7) is 7.16. The zero-order valence-corrected chi connectivity index (χ0v) is 79.7. The standard InChI is InChI=1S/C36H44O15.C33H38O15.C30H32O6/c1-11-36(18-49-33(37)21-12-24(40-2)30(46-8)25(13-21)41-3,19-50-34(38)22-14-26(42-4)31(47-9)27(15-22)43-5)20-51-35(39)23-16-28(44-6)32(48-10)29(17-23)45-7;1-37-22-10-18(11-23(38-2)28(22)43-7)31(34)46-16-21(48-33(36)20-14-26(41-5)30(45-9)27(15-20)42-6)17-47-32(35)19-12-24(39-3)29(44-8)25(13-19)40-4;1-5-30(18-34-27(31)24-12-6-21(2)7-13-24,19-35-28(32)25-14-8-22(3)9-15-25)20-36-29(33)26-16-10-23(4)11-17-26/h12-17H,11,18-20H2,1-10H3;10-15,21H,16-17H2,1-9H3;6-17H,5,18-20H2,1-4H3. The maximum absolute atomic E-state index is 13.4. The molecule has 36 nitrogen and oxygen atoms in total. The van der Waals surface area contributed by atoms with Crippen LogP contribution in [0.1, 0.15) is 137 Å². The van der Waals surface area contributed by atoms with Gasteiger partial charge in [0.2, 0.25) is 34.5 Å². The molecule has 0 N–H and O–H groups in total. The van der Waals surface area contributed by atoms with Gasteiger partial charge in [0.25, 0.3) is 0 Å². The van der Waals surface area contributed by atoms with Crippen LogP contribution in [0.2, 0.25) is 0 Å². The first-order valence-corrected chi connectivity index (χ1v) is 41.4. The second-order valence-electron chi connectivity index (χ2n) is 29.5. The Kier molecular flexibility index (Phi) is 41.1. The Labute approximate surface area is 782 Å². The molecule has 9 aromatic carbocycles. The lowest BCUT2D eigenvalue weighted by Gasteiger charge is -2.31. The highest BCUT2D eigenvalue weighted by Crippen LogP contribution is 2.45. The minimum atomic E-state index is -1.28. The van der Waals surface area contributed by atoms with Crippen molar-refractivity contribution >= 4 is 53.7 Å². The summed E-state index contributed by atoms with van der Waals surface area (Å²) in [6, 6.07) is 38.1. The second kappa shape index (κ2) is 52.0. The summed E-state index contributed by atoms with van der Waals surface area (Å²) < 4.78 is 147. The van der Waals surface area contributed by atoms with Crippen molar-refractivity contribution in [1.29, 1.82) is 0 Å². The van der Waals surface area contributed by atoms with Gasteiger partial charge in [-0.05, 0) is 143 Å². The number of benzene rings is 9. The third-order valence-corrected chi connectivity index (χ3v) is 20.9. The predicted molar refractivity (Wildman–Crippen MR) is 487 cm³/mol. The molecular formula is C99H114O36. The molecular weight excluding hydrogens is 1770 g/mol. The minimum Gasteiger partial charge on any atom is -0.493 e. The molecule has 0 unspecified atom stereocenters. The quantitative estimate of drug-likeness (QED) is 0.0252. The van der Waals surface area contributed by atoms with Crippen molar-refractivity contribution in [2.75, 3.05) is 181 Å². The number of ether oxygens (including phenoxy) is 27. The maximum atomic E-state index is 13.4. The fourth-order valence-corrected chi connectivity index (χ4v) is 12.8. The summed E-state index contributed by atoms with van der Waals surface area (Å²) in [5.41, 5.74) is 2.60. The maximum Gasteiger partial charge on any atom is 0.338 e. The van der Waals surface area contributed by atoms with Crippen molar-refractivity contribution in [2.45, 2.75) is 53.6 Å². The predicted octanol–water partition coefficient (Wildman–Crippen LogP) is 14.9. The average Bonchev–Trinajstić information content (AvgIpc) is 0.809. The van der Waals surface area contributed by atoms with Crippen LogP contribution in [0.25, 0.3) is 0 Å². The molecule has 0 amide bonds. The lowest BCUT2D eigenvalue weighted by Crippen LogP contribution is -2.39. The van der Waals surface area contributed by atoms with Crippen LogP contribution in [-0.2, 0) is 42.6 Å². The molecule has 0 atom stereocenters. The van der Waals surface area contributed by atoms with E-state index in [4.69, 9.17) is 128 Å². The number of methoxy groups -OCH3 is 18. The van der Waals surface area contributed by atoms with E-state index in [9.17, 15) is 43.2 Å². The monoisotopic (exact) mass is 1880 g/mol. The van der Waals surface area contributed by atoms with E-state index in [1.54, 1.807) is 43.3 Å². The van der Waals surface area contributed by atoms with E-state index in [1.807, 2.05) is 64.1 Å². The Hall–Kier alpha value is -15.4. The number of esters is 9. The van der Waals surface area contributed by atoms with Crippen LogP contribution < -0.4 is 85.3 Å². The summed E-state index contributed by atoms with van der Waals surface area (Å²) in [6.07, 6.45) is -0.606. The summed E-state index contributed by atoms with van der Waals surface area (Å²) in [5.74, 6) is -1.89. The first-order chi connectivity index (χ1) is 64.8. The summed E-state index contributed by atoms with van der Waals surface area (Å²) in [7, 11) is 25.4. The molecule has 0 heterocycles. The van der Waals surface area contributed by atoms with Gasteiger partial charge in [-0.1, -0.05) is 66.9 Å². The van der Waals surface area contributed by atoms with Gasteiger partial charge in [-0.15, -0.1) is 0 Å². The molecule has 9 aromatic rings. The average molecular weight is 1880 g/mol. The van der Waals surface area contributed by atoms with Gasteiger partial charge in [0.15, 0.2) is 75.1 Å². The number of hydrogen-bond donors (Lipinski definition) is 0. The molecule has 0 bridgehead atoms. The molecule has 726 valence electrons. The van der Waals surface area contributed by atoms with E-state index >= 15 is 0 Å². The lowest BCUT2D eigenvalue weighted by molar-refractivity contribution is -0.0394. The van der Waals surface area contributed by atoms with E-state index in [2.05, 4.69) is 0 Å². The highest BCUT2D eigenvalue weighted by Gasteiger charge is 2.38. The van der Waals surface area contributed by atoms with Gasteiger partial charge in [0.1, 0.15) is 52.9 Å². The Morgan fingerprint density at radius 2 is 0.356 bits per heavy atom. The number of hydrogen-bond acceptors (Lipinski definition) is 36. The number of rotatable bonds is 46. The van der Waals surface area contributed by atoms with Gasteiger partial charge >= 0.3 is 53.7 Å². The van der Waals surface area contributed by atoms with E-state index in [0.29, 0.717) is 23.1 Å². The summed E-state index contributed by atoms with van der Waals surface area (Å²) >= 11 is 0. The van der Waals surface area contributed by atoms with E-state index in [1.165, 1.54) is 201 Å². The Bertz CT molecular complexity index is 4960. The summed E-state index contributed by atoms with van der Waals surface area (Å²) in [4.78, 5) is 118. The smallest absolute Gasteiger partial charge is 0.338 e. The van der Waals surface area contributed by atoms with Gasteiger partial charge < -0.3 is 128 Å². The first kappa shape index (κ1) is 107. The van der Waals surface area contributed by atoms with Crippen molar-refractivity contribution in [1.82, 2.24) is 0 Å². The Balaban J connectivity index is 0.000000280. The number of carbonyl (C=O) groups excluding carboxylic acids is 9. The van der Waals surface area contributed by atoms with Crippen molar-refractivity contribution in [2.24, 2.45) is 10.8 Å². The van der Waals surface area contributed by atoms with Crippen molar-refractivity contribution in [3.05, 3.63) is 212 Å². The molecule has 36 heteroatoms. The van der Waals surface area contributed by atoms with Crippen LogP contribution in [0, 0.1) is 31.6 Å². The van der Waals surface area contributed by atoms with Gasteiger partial charge in [0.05, 0.1) is 189 Å². The van der Waals surface area contributed by atoms with E-state index in [-0.39, 0.29) is 183 Å². The third-order valence-electron chi connectivity index (χ3n) is 20.9. The van der Waals surface area contributed by atoms with E-state index in [0.717, 1.165) is 16.7 Å². The largest absolute Gasteiger partial charge is 0.493 e. The first-order valence-electron chi connectivity index (χ1n) is 41.4. The molecule has 135 heavy (non-hydrogen) atoms. The molecule has 0 fully saturated rings. The van der Waals surface area contributed by atoms with Crippen LogP contribution in [0.5, 0.6) is 103 Å². The Morgan fingerprint density at radius 3 is 0.504 bits per heavy atom. The fraction of sp³-hybridized carbons (Fsp3) is 0.364. The number of carbonyl (C=O) groups is 9. The fourth-order valence-electron chi connectivity index (χ4n) is 12.8. The van der Waals surface area contributed by atoms with Crippen LogP contribution >= 0.6 is 0 Å². The molecule has 0 saturated heterocycles. The molecule has 0 aliphatic heterocycles. The van der Waals surface area contributed by atoms with Crippen LogP contribution in [-0.4, -0.2) is 241 Å². The Morgan fingerprint density at radius 1 is 0.207 bits per heavy atom. The van der Waals surface area contributed by atoms with Crippen LogP contribution in [0.15, 0.2) is 146 Å². The highest BCUT2D eigenvalue weighted by atomic mass is 16.6. The molecule has 0 spiro atoms. The van der Waals surface area contributed by atoms with Gasteiger partial charge in [-0.3, -0.25) is 0 Å². The van der Waals surface area contributed by atoms with Crippen LogP contribution in [0.4, 0.5) is 0 Å².